The monoisotopic (exact) mass is 291 g/mol. The first-order valence-electron chi connectivity index (χ1n) is 6.40. The fraction of sp³-hybridized carbons (Fsp3) is 0.200. The SMILES string of the molecule is CCOc1ccccc1C(NN)c1ccc(Cl)cc1N. The van der Waals surface area contributed by atoms with Crippen molar-refractivity contribution in [1.82, 2.24) is 5.43 Å². The van der Waals surface area contributed by atoms with Gasteiger partial charge in [-0.25, -0.2) is 5.43 Å². The predicted octanol–water partition coefficient (Wildman–Crippen LogP) is 2.87. The molecule has 0 aliphatic carbocycles. The molecule has 20 heavy (non-hydrogen) atoms. The zero-order valence-electron chi connectivity index (χ0n) is 11.3. The lowest BCUT2D eigenvalue weighted by Gasteiger charge is -2.21. The van der Waals surface area contributed by atoms with E-state index in [0.717, 1.165) is 16.9 Å². The highest BCUT2D eigenvalue weighted by atomic mass is 35.5. The van der Waals surface area contributed by atoms with Crippen LogP contribution in [0.3, 0.4) is 0 Å². The molecule has 2 aromatic carbocycles. The number of rotatable bonds is 5. The van der Waals surface area contributed by atoms with Crippen molar-refractivity contribution < 1.29 is 4.74 Å². The van der Waals surface area contributed by atoms with E-state index in [9.17, 15) is 0 Å². The maximum atomic E-state index is 6.04. The standard InChI is InChI=1S/C15H18ClN3O/c1-2-20-14-6-4-3-5-12(14)15(19-18)11-8-7-10(16)9-13(11)17/h3-9,15,19H,2,17-18H2,1H3. The van der Waals surface area contributed by atoms with E-state index in [-0.39, 0.29) is 6.04 Å². The average molecular weight is 292 g/mol. The van der Waals surface area contributed by atoms with Crippen LogP contribution in [0, 0.1) is 0 Å². The molecule has 0 spiro atoms. The van der Waals surface area contributed by atoms with Crippen LogP contribution in [0.2, 0.25) is 5.02 Å². The van der Waals surface area contributed by atoms with Crippen molar-refractivity contribution in [2.75, 3.05) is 12.3 Å². The minimum absolute atomic E-state index is 0.255. The molecule has 0 saturated heterocycles. The molecule has 0 radical (unpaired) electrons. The van der Waals surface area contributed by atoms with Gasteiger partial charge in [0.05, 0.1) is 12.6 Å². The van der Waals surface area contributed by atoms with E-state index in [1.54, 1.807) is 12.1 Å². The Bertz CT molecular complexity index is 589. The summed E-state index contributed by atoms with van der Waals surface area (Å²) >= 11 is 5.94. The van der Waals surface area contributed by atoms with Gasteiger partial charge in [0.15, 0.2) is 0 Å². The van der Waals surface area contributed by atoms with Gasteiger partial charge in [-0.1, -0.05) is 35.9 Å². The lowest BCUT2D eigenvalue weighted by molar-refractivity contribution is 0.333. The molecule has 0 bridgehead atoms. The van der Waals surface area contributed by atoms with E-state index in [0.29, 0.717) is 17.3 Å². The van der Waals surface area contributed by atoms with Crippen molar-refractivity contribution >= 4 is 17.3 Å². The molecule has 4 nitrogen and oxygen atoms in total. The molecule has 0 aromatic heterocycles. The summed E-state index contributed by atoms with van der Waals surface area (Å²) in [6, 6.07) is 12.9. The number of para-hydroxylation sites is 1. The highest BCUT2D eigenvalue weighted by Crippen LogP contribution is 2.33. The number of benzene rings is 2. The molecule has 0 aliphatic heterocycles. The van der Waals surface area contributed by atoms with Crippen LogP contribution >= 0.6 is 11.6 Å². The molecule has 1 unspecified atom stereocenters. The smallest absolute Gasteiger partial charge is 0.124 e. The van der Waals surface area contributed by atoms with Crippen molar-refractivity contribution in [2.24, 2.45) is 5.84 Å². The minimum Gasteiger partial charge on any atom is -0.494 e. The first-order chi connectivity index (χ1) is 9.67. The Balaban J connectivity index is 2.47. The molecule has 0 aliphatic rings. The summed E-state index contributed by atoms with van der Waals surface area (Å²) in [5, 5.41) is 0.597. The van der Waals surface area contributed by atoms with Gasteiger partial charge in [-0.05, 0) is 30.7 Å². The minimum atomic E-state index is -0.255. The quantitative estimate of drug-likeness (QED) is 0.450. The second kappa shape index (κ2) is 6.61. The van der Waals surface area contributed by atoms with E-state index < -0.39 is 0 Å². The Morgan fingerprint density at radius 1 is 1.20 bits per heavy atom. The van der Waals surface area contributed by atoms with Gasteiger partial charge in [0.25, 0.3) is 0 Å². The molecule has 0 saturated carbocycles. The number of nitrogens with one attached hydrogen (secondary N) is 1. The number of halogens is 1. The summed E-state index contributed by atoms with van der Waals surface area (Å²) in [6.45, 7) is 2.53. The summed E-state index contributed by atoms with van der Waals surface area (Å²) in [6.07, 6.45) is 0. The topological polar surface area (TPSA) is 73.3 Å². The molecule has 2 rings (SSSR count). The van der Waals surface area contributed by atoms with Crippen LogP contribution in [-0.4, -0.2) is 6.61 Å². The Hall–Kier alpha value is -1.75. The van der Waals surface area contributed by atoms with Gasteiger partial charge in [0, 0.05) is 16.3 Å². The molecule has 5 N–H and O–H groups in total. The molecular formula is C15H18ClN3O. The molecule has 0 fully saturated rings. The third-order valence-corrected chi connectivity index (χ3v) is 3.29. The van der Waals surface area contributed by atoms with Gasteiger partial charge in [0.2, 0.25) is 0 Å². The molecule has 106 valence electrons. The van der Waals surface area contributed by atoms with E-state index in [4.69, 9.17) is 27.9 Å². The van der Waals surface area contributed by atoms with Gasteiger partial charge >= 0.3 is 0 Å². The van der Waals surface area contributed by atoms with Crippen molar-refractivity contribution in [1.29, 1.82) is 0 Å². The van der Waals surface area contributed by atoms with Crippen LogP contribution in [-0.2, 0) is 0 Å². The van der Waals surface area contributed by atoms with Gasteiger partial charge in [-0.15, -0.1) is 0 Å². The second-order valence-corrected chi connectivity index (χ2v) is 4.78. The number of hydrogen-bond donors (Lipinski definition) is 3. The van der Waals surface area contributed by atoms with E-state index in [1.165, 1.54) is 0 Å². The van der Waals surface area contributed by atoms with Gasteiger partial charge in [-0.2, -0.15) is 0 Å². The molecule has 5 heteroatoms. The van der Waals surface area contributed by atoms with Crippen LogP contribution in [0.25, 0.3) is 0 Å². The molecule has 0 heterocycles. The summed E-state index contributed by atoms with van der Waals surface area (Å²) in [5.74, 6) is 6.50. The number of nitrogen functional groups attached to an aromatic ring is 1. The van der Waals surface area contributed by atoms with Gasteiger partial charge < -0.3 is 10.5 Å². The van der Waals surface area contributed by atoms with Crippen LogP contribution in [0.1, 0.15) is 24.1 Å². The predicted molar refractivity (Wildman–Crippen MR) is 82.6 cm³/mol. The number of ether oxygens (including phenoxy) is 1. The van der Waals surface area contributed by atoms with Gasteiger partial charge in [-0.3, -0.25) is 5.84 Å². The summed E-state index contributed by atoms with van der Waals surface area (Å²) in [7, 11) is 0. The van der Waals surface area contributed by atoms with Crippen LogP contribution in [0.5, 0.6) is 5.75 Å². The van der Waals surface area contributed by atoms with Crippen LogP contribution in [0.15, 0.2) is 42.5 Å². The number of nitrogens with two attached hydrogens (primary N) is 2. The maximum absolute atomic E-state index is 6.04. The number of hydrogen-bond acceptors (Lipinski definition) is 4. The lowest BCUT2D eigenvalue weighted by Crippen LogP contribution is -2.29. The third-order valence-electron chi connectivity index (χ3n) is 3.06. The molecule has 2 aromatic rings. The van der Waals surface area contributed by atoms with Crippen LogP contribution in [0.4, 0.5) is 5.69 Å². The Kier molecular flexibility index (Phi) is 4.84. The van der Waals surface area contributed by atoms with Crippen molar-refractivity contribution in [3.63, 3.8) is 0 Å². The zero-order chi connectivity index (χ0) is 14.5. The Morgan fingerprint density at radius 2 is 1.95 bits per heavy atom. The normalized spacial score (nSPS) is 12.2. The number of anilines is 1. The molecular weight excluding hydrogens is 274 g/mol. The largest absolute Gasteiger partial charge is 0.494 e. The van der Waals surface area contributed by atoms with Gasteiger partial charge in [0.1, 0.15) is 5.75 Å². The number of hydrazine groups is 1. The Labute approximate surface area is 123 Å². The zero-order valence-corrected chi connectivity index (χ0v) is 12.0. The molecule has 1 atom stereocenters. The van der Waals surface area contributed by atoms with E-state index >= 15 is 0 Å². The first-order valence-corrected chi connectivity index (χ1v) is 6.78. The fourth-order valence-corrected chi connectivity index (χ4v) is 2.34. The second-order valence-electron chi connectivity index (χ2n) is 4.34. The summed E-state index contributed by atoms with van der Waals surface area (Å²) < 4.78 is 5.64. The summed E-state index contributed by atoms with van der Waals surface area (Å²) in [5.41, 5.74) is 11.2. The van der Waals surface area contributed by atoms with Crippen molar-refractivity contribution in [3.8, 4) is 5.75 Å². The molecule has 0 amide bonds. The van der Waals surface area contributed by atoms with Crippen molar-refractivity contribution in [2.45, 2.75) is 13.0 Å². The van der Waals surface area contributed by atoms with E-state index in [1.807, 2.05) is 37.3 Å². The van der Waals surface area contributed by atoms with Crippen molar-refractivity contribution in [3.05, 3.63) is 58.6 Å². The fourth-order valence-electron chi connectivity index (χ4n) is 2.16. The maximum Gasteiger partial charge on any atom is 0.124 e. The summed E-state index contributed by atoms with van der Waals surface area (Å²) in [4.78, 5) is 0. The van der Waals surface area contributed by atoms with E-state index in [2.05, 4.69) is 5.43 Å². The van der Waals surface area contributed by atoms with Crippen LogP contribution < -0.4 is 21.7 Å². The third kappa shape index (κ3) is 3.04. The average Bonchev–Trinajstić information content (AvgIpc) is 2.44. The highest BCUT2D eigenvalue weighted by Gasteiger charge is 2.19. The lowest BCUT2D eigenvalue weighted by atomic mass is 9.97. The first kappa shape index (κ1) is 14.7. The Morgan fingerprint density at radius 3 is 2.60 bits per heavy atom. The highest BCUT2D eigenvalue weighted by molar-refractivity contribution is 6.30.